The Labute approximate surface area is 85.1 Å². The molecule has 0 spiro atoms. The summed E-state index contributed by atoms with van der Waals surface area (Å²) in [6.07, 6.45) is 0. The summed E-state index contributed by atoms with van der Waals surface area (Å²) in [6.45, 7) is 7.47. The maximum atomic E-state index is 2.47. The molecule has 0 aromatic heterocycles. The SMILES string of the molecule is c1ccc(CN2CC2)c(CN2CC2)c1. The van der Waals surface area contributed by atoms with E-state index in [0.717, 1.165) is 13.1 Å². The molecule has 0 atom stereocenters. The van der Waals surface area contributed by atoms with Crippen LogP contribution in [0.4, 0.5) is 0 Å². The average Bonchev–Trinajstić information content (AvgIpc) is 3.01. The molecular formula is C12H16N2. The van der Waals surface area contributed by atoms with Gasteiger partial charge in [-0.3, -0.25) is 9.80 Å². The molecule has 2 aliphatic heterocycles. The Balaban J connectivity index is 1.76. The summed E-state index contributed by atoms with van der Waals surface area (Å²) in [7, 11) is 0. The van der Waals surface area contributed by atoms with Crippen LogP contribution < -0.4 is 0 Å². The molecule has 1 aromatic carbocycles. The Hall–Kier alpha value is -0.860. The van der Waals surface area contributed by atoms with E-state index in [9.17, 15) is 0 Å². The van der Waals surface area contributed by atoms with Crippen LogP contribution in [-0.4, -0.2) is 36.0 Å². The lowest BCUT2D eigenvalue weighted by molar-refractivity contribution is 0.525. The van der Waals surface area contributed by atoms with Gasteiger partial charge in [0, 0.05) is 39.3 Å². The Kier molecular flexibility index (Phi) is 2.03. The molecule has 0 radical (unpaired) electrons. The van der Waals surface area contributed by atoms with Crippen molar-refractivity contribution >= 4 is 0 Å². The zero-order chi connectivity index (χ0) is 9.38. The minimum absolute atomic E-state index is 1.16. The van der Waals surface area contributed by atoms with Crippen molar-refractivity contribution < 1.29 is 0 Å². The van der Waals surface area contributed by atoms with Gasteiger partial charge < -0.3 is 0 Å². The standard InChI is InChI=1S/C12H16N2/c1-2-4-12(10-14-7-8-14)11(3-1)9-13-5-6-13/h1-4H,5-10H2. The summed E-state index contributed by atoms with van der Waals surface area (Å²) in [5.74, 6) is 0. The van der Waals surface area contributed by atoms with E-state index in [1.165, 1.54) is 37.3 Å². The fourth-order valence-corrected chi connectivity index (χ4v) is 1.81. The summed E-state index contributed by atoms with van der Waals surface area (Å²) in [4.78, 5) is 4.95. The Morgan fingerprint density at radius 2 is 1.21 bits per heavy atom. The molecule has 14 heavy (non-hydrogen) atoms. The lowest BCUT2D eigenvalue weighted by atomic mass is 10.1. The lowest BCUT2D eigenvalue weighted by Gasteiger charge is -2.09. The fourth-order valence-electron chi connectivity index (χ4n) is 1.81. The van der Waals surface area contributed by atoms with Crippen molar-refractivity contribution in [1.82, 2.24) is 9.80 Å². The fraction of sp³-hybridized carbons (Fsp3) is 0.500. The normalized spacial score (nSPS) is 21.1. The Morgan fingerprint density at radius 1 is 0.786 bits per heavy atom. The van der Waals surface area contributed by atoms with Crippen LogP contribution in [0.1, 0.15) is 11.1 Å². The topological polar surface area (TPSA) is 6.02 Å². The predicted octanol–water partition coefficient (Wildman–Crippen LogP) is 1.32. The number of nitrogens with zero attached hydrogens (tertiary/aromatic N) is 2. The van der Waals surface area contributed by atoms with Crippen LogP contribution in [0.25, 0.3) is 0 Å². The maximum Gasteiger partial charge on any atom is 0.0238 e. The first-order chi connectivity index (χ1) is 6.92. The zero-order valence-corrected chi connectivity index (χ0v) is 8.45. The van der Waals surface area contributed by atoms with Gasteiger partial charge in [-0.05, 0) is 11.1 Å². The van der Waals surface area contributed by atoms with Crippen LogP contribution in [0.15, 0.2) is 24.3 Å². The molecule has 0 saturated carbocycles. The van der Waals surface area contributed by atoms with Crippen LogP contribution in [0, 0.1) is 0 Å². The van der Waals surface area contributed by atoms with E-state index in [2.05, 4.69) is 34.1 Å². The summed E-state index contributed by atoms with van der Waals surface area (Å²) in [5, 5.41) is 0. The van der Waals surface area contributed by atoms with Crippen molar-refractivity contribution in [2.24, 2.45) is 0 Å². The van der Waals surface area contributed by atoms with Gasteiger partial charge in [0.15, 0.2) is 0 Å². The first-order valence-corrected chi connectivity index (χ1v) is 5.43. The highest BCUT2D eigenvalue weighted by Crippen LogP contribution is 2.19. The average molecular weight is 188 g/mol. The molecule has 0 aliphatic carbocycles. The van der Waals surface area contributed by atoms with Gasteiger partial charge in [0.05, 0.1) is 0 Å². The van der Waals surface area contributed by atoms with Crippen molar-refractivity contribution in [3.63, 3.8) is 0 Å². The third-order valence-electron chi connectivity index (χ3n) is 2.99. The molecule has 3 rings (SSSR count). The van der Waals surface area contributed by atoms with Gasteiger partial charge >= 0.3 is 0 Å². The predicted molar refractivity (Wildman–Crippen MR) is 57.0 cm³/mol. The molecule has 0 bridgehead atoms. The lowest BCUT2D eigenvalue weighted by Crippen LogP contribution is -2.05. The second-order valence-electron chi connectivity index (χ2n) is 4.32. The molecule has 0 amide bonds. The highest BCUT2D eigenvalue weighted by molar-refractivity contribution is 5.27. The van der Waals surface area contributed by atoms with E-state index in [1.54, 1.807) is 0 Å². The summed E-state index contributed by atoms with van der Waals surface area (Å²) in [5.41, 5.74) is 3.05. The Morgan fingerprint density at radius 3 is 1.57 bits per heavy atom. The van der Waals surface area contributed by atoms with E-state index in [4.69, 9.17) is 0 Å². The van der Waals surface area contributed by atoms with Crippen molar-refractivity contribution in [3.8, 4) is 0 Å². The van der Waals surface area contributed by atoms with Gasteiger partial charge in [0.2, 0.25) is 0 Å². The van der Waals surface area contributed by atoms with Crippen LogP contribution in [-0.2, 0) is 13.1 Å². The van der Waals surface area contributed by atoms with E-state index < -0.39 is 0 Å². The second kappa shape index (κ2) is 3.37. The monoisotopic (exact) mass is 188 g/mol. The van der Waals surface area contributed by atoms with Gasteiger partial charge in [-0.1, -0.05) is 24.3 Å². The molecule has 2 aliphatic rings. The van der Waals surface area contributed by atoms with Gasteiger partial charge in [0.25, 0.3) is 0 Å². The molecule has 2 heteroatoms. The molecule has 2 heterocycles. The smallest absolute Gasteiger partial charge is 0.0238 e. The molecule has 0 unspecified atom stereocenters. The highest BCUT2D eigenvalue weighted by atomic mass is 15.3. The number of hydrogen-bond donors (Lipinski definition) is 0. The summed E-state index contributed by atoms with van der Waals surface area (Å²) < 4.78 is 0. The number of hydrogen-bond acceptors (Lipinski definition) is 2. The van der Waals surface area contributed by atoms with E-state index in [0.29, 0.717) is 0 Å². The highest BCUT2D eigenvalue weighted by Gasteiger charge is 2.21. The third kappa shape index (κ3) is 1.97. The summed E-state index contributed by atoms with van der Waals surface area (Å²) in [6, 6.07) is 8.86. The molecule has 0 N–H and O–H groups in total. The molecule has 2 fully saturated rings. The molecular weight excluding hydrogens is 172 g/mol. The van der Waals surface area contributed by atoms with Crippen molar-refractivity contribution in [2.45, 2.75) is 13.1 Å². The number of rotatable bonds is 4. The van der Waals surface area contributed by atoms with Crippen LogP contribution in [0.5, 0.6) is 0 Å². The summed E-state index contributed by atoms with van der Waals surface area (Å²) >= 11 is 0. The quantitative estimate of drug-likeness (QED) is 0.657. The van der Waals surface area contributed by atoms with Gasteiger partial charge in [-0.15, -0.1) is 0 Å². The number of benzene rings is 1. The van der Waals surface area contributed by atoms with E-state index in [1.807, 2.05) is 0 Å². The molecule has 74 valence electrons. The van der Waals surface area contributed by atoms with Crippen molar-refractivity contribution in [1.29, 1.82) is 0 Å². The van der Waals surface area contributed by atoms with Gasteiger partial charge in [-0.2, -0.15) is 0 Å². The van der Waals surface area contributed by atoms with Crippen molar-refractivity contribution in [2.75, 3.05) is 26.2 Å². The van der Waals surface area contributed by atoms with Gasteiger partial charge in [0.1, 0.15) is 0 Å². The van der Waals surface area contributed by atoms with Crippen LogP contribution in [0.3, 0.4) is 0 Å². The second-order valence-corrected chi connectivity index (χ2v) is 4.32. The first-order valence-electron chi connectivity index (χ1n) is 5.43. The molecule has 2 saturated heterocycles. The van der Waals surface area contributed by atoms with Gasteiger partial charge in [-0.25, -0.2) is 0 Å². The largest absolute Gasteiger partial charge is 0.297 e. The minimum atomic E-state index is 1.16. The third-order valence-corrected chi connectivity index (χ3v) is 2.99. The Bertz CT molecular complexity index is 294. The maximum absolute atomic E-state index is 2.47. The first kappa shape index (κ1) is 8.45. The zero-order valence-electron chi connectivity index (χ0n) is 8.45. The van der Waals surface area contributed by atoms with E-state index >= 15 is 0 Å². The van der Waals surface area contributed by atoms with E-state index in [-0.39, 0.29) is 0 Å². The van der Waals surface area contributed by atoms with Crippen LogP contribution >= 0.6 is 0 Å². The molecule has 2 nitrogen and oxygen atoms in total. The van der Waals surface area contributed by atoms with Crippen molar-refractivity contribution in [3.05, 3.63) is 35.4 Å². The molecule has 1 aromatic rings. The van der Waals surface area contributed by atoms with Crippen LogP contribution in [0.2, 0.25) is 0 Å². The minimum Gasteiger partial charge on any atom is -0.297 e.